The molecule has 1 atom stereocenters. The van der Waals surface area contributed by atoms with Crippen molar-refractivity contribution < 1.29 is 5.11 Å². The van der Waals surface area contributed by atoms with Crippen molar-refractivity contribution in [2.75, 3.05) is 13.7 Å². The minimum atomic E-state index is -0.0100. The fourth-order valence-electron chi connectivity index (χ4n) is 1.89. The highest BCUT2D eigenvalue weighted by molar-refractivity contribution is 9.10. The van der Waals surface area contributed by atoms with E-state index in [9.17, 15) is 5.11 Å². The third kappa shape index (κ3) is 3.38. The number of aliphatic hydroxyl groups is 1. The molecule has 2 aromatic rings. The van der Waals surface area contributed by atoms with Gasteiger partial charge in [0.1, 0.15) is 0 Å². The fourth-order valence-corrected chi connectivity index (χ4v) is 2.86. The Bertz CT molecular complexity index is 489. The molecular weight excluding hydrogens is 312 g/mol. The molecule has 96 valence electrons. The molecule has 0 aliphatic rings. The van der Waals surface area contributed by atoms with E-state index < -0.39 is 0 Å². The lowest BCUT2D eigenvalue weighted by molar-refractivity contribution is 0.141. The van der Waals surface area contributed by atoms with E-state index >= 15 is 0 Å². The Morgan fingerprint density at radius 2 is 2.33 bits per heavy atom. The maximum absolute atomic E-state index is 9.59. The van der Waals surface area contributed by atoms with Gasteiger partial charge in [0, 0.05) is 16.4 Å². The maximum Gasteiger partial charge on any atom is 0.0795 e. The van der Waals surface area contributed by atoms with Gasteiger partial charge >= 0.3 is 0 Å². The number of thiazole rings is 1. The number of aliphatic hydroxyl groups excluding tert-OH is 1. The molecule has 0 unspecified atom stereocenters. The van der Waals surface area contributed by atoms with Gasteiger partial charge in [-0.05, 0) is 24.7 Å². The molecule has 1 aromatic heterocycles. The predicted molar refractivity (Wildman–Crippen MR) is 77.5 cm³/mol. The van der Waals surface area contributed by atoms with E-state index in [0.29, 0.717) is 0 Å². The summed E-state index contributed by atoms with van der Waals surface area (Å²) in [6, 6.07) is 8.03. The molecule has 0 spiro atoms. The van der Waals surface area contributed by atoms with Crippen LogP contribution in [0.5, 0.6) is 0 Å². The van der Waals surface area contributed by atoms with E-state index in [1.807, 2.05) is 42.2 Å². The van der Waals surface area contributed by atoms with Gasteiger partial charge in [-0.1, -0.05) is 28.1 Å². The quantitative estimate of drug-likeness (QED) is 0.917. The monoisotopic (exact) mass is 326 g/mol. The van der Waals surface area contributed by atoms with Crippen molar-refractivity contribution >= 4 is 27.3 Å². The Hall–Kier alpha value is -0.750. The summed E-state index contributed by atoms with van der Waals surface area (Å²) in [5.41, 5.74) is 3.97. The number of rotatable bonds is 5. The van der Waals surface area contributed by atoms with E-state index in [1.165, 1.54) is 0 Å². The Kier molecular flexibility index (Phi) is 4.88. The van der Waals surface area contributed by atoms with Crippen LogP contribution in [0.2, 0.25) is 0 Å². The van der Waals surface area contributed by atoms with E-state index in [1.54, 1.807) is 11.3 Å². The summed E-state index contributed by atoms with van der Waals surface area (Å²) < 4.78 is 1.03. The highest BCUT2D eigenvalue weighted by Crippen LogP contribution is 2.23. The summed E-state index contributed by atoms with van der Waals surface area (Å²) in [4.78, 5) is 6.38. The Morgan fingerprint density at radius 1 is 1.50 bits per heavy atom. The Morgan fingerprint density at radius 3 is 2.94 bits per heavy atom. The number of hydrogen-bond donors (Lipinski definition) is 1. The van der Waals surface area contributed by atoms with Crippen molar-refractivity contribution in [1.82, 2.24) is 9.88 Å². The molecule has 3 nitrogen and oxygen atoms in total. The summed E-state index contributed by atoms with van der Waals surface area (Å²) in [7, 11) is 2.00. The first-order valence-electron chi connectivity index (χ1n) is 5.64. The van der Waals surface area contributed by atoms with Crippen molar-refractivity contribution in [2.24, 2.45) is 0 Å². The Balaban J connectivity index is 2.12. The van der Waals surface area contributed by atoms with Gasteiger partial charge < -0.3 is 5.11 Å². The van der Waals surface area contributed by atoms with Gasteiger partial charge in [0.05, 0.1) is 23.9 Å². The summed E-state index contributed by atoms with van der Waals surface area (Å²) in [6.45, 7) is 0.832. The zero-order valence-corrected chi connectivity index (χ0v) is 12.5. The number of hydrogen-bond acceptors (Lipinski definition) is 4. The third-order valence-corrected chi connectivity index (χ3v) is 3.96. The predicted octanol–water partition coefficient (Wildman–Crippen LogP) is 3.07. The standard InChI is InChI=1S/C13H15BrN2OS/c1-16(6-12-8-18-9-15-12)13(7-17)10-3-2-4-11(14)5-10/h2-5,8-9,13,17H,6-7H2,1H3/t13-/m1/s1. The summed E-state index contributed by atoms with van der Waals surface area (Å²) in [5.74, 6) is 0. The maximum atomic E-state index is 9.59. The van der Waals surface area contributed by atoms with Gasteiger partial charge in [-0.2, -0.15) is 0 Å². The van der Waals surface area contributed by atoms with Crippen LogP contribution in [0.15, 0.2) is 39.6 Å². The molecule has 1 heterocycles. The van der Waals surface area contributed by atoms with Crippen LogP contribution in [-0.2, 0) is 6.54 Å². The van der Waals surface area contributed by atoms with Gasteiger partial charge in [-0.3, -0.25) is 4.90 Å². The van der Waals surface area contributed by atoms with E-state index in [0.717, 1.165) is 22.3 Å². The second-order valence-corrected chi connectivity index (χ2v) is 5.78. The van der Waals surface area contributed by atoms with Crippen molar-refractivity contribution in [3.05, 3.63) is 50.9 Å². The van der Waals surface area contributed by atoms with Crippen LogP contribution in [-0.4, -0.2) is 28.6 Å². The second-order valence-electron chi connectivity index (χ2n) is 4.15. The lowest BCUT2D eigenvalue weighted by Gasteiger charge is -2.26. The normalized spacial score (nSPS) is 12.9. The van der Waals surface area contributed by atoms with E-state index in [-0.39, 0.29) is 12.6 Å². The summed E-state index contributed by atoms with van der Waals surface area (Å²) in [5, 5.41) is 11.6. The zero-order valence-electron chi connectivity index (χ0n) is 10.1. The first-order chi connectivity index (χ1) is 8.70. The molecule has 18 heavy (non-hydrogen) atoms. The SMILES string of the molecule is CN(Cc1cscn1)[C@H](CO)c1cccc(Br)c1. The number of nitrogens with zero attached hydrogens (tertiary/aromatic N) is 2. The van der Waals surface area contributed by atoms with Crippen LogP contribution in [0, 0.1) is 0 Å². The number of benzene rings is 1. The molecule has 0 radical (unpaired) electrons. The average molecular weight is 327 g/mol. The van der Waals surface area contributed by atoms with Crippen LogP contribution in [0.25, 0.3) is 0 Å². The van der Waals surface area contributed by atoms with Gasteiger partial charge in [-0.25, -0.2) is 4.98 Å². The molecule has 0 amide bonds. The smallest absolute Gasteiger partial charge is 0.0795 e. The molecule has 0 aliphatic carbocycles. The molecule has 1 N–H and O–H groups in total. The van der Waals surface area contributed by atoms with Crippen LogP contribution < -0.4 is 0 Å². The fraction of sp³-hybridized carbons (Fsp3) is 0.308. The van der Waals surface area contributed by atoms with Crippen LogP contribution in [0.1, 0.15) is 17.3 Å². The van der Waals surface area contributed by atoms with Crippen molar-refractivity contribution in [1.29, 1.82) is 0 Å². The minimum Gasteiger partial charge on any atom is -0.394 e. The minimum absolute atomic E-state index is 0.0100. The van der Waals surface area contributed by atoms with Crippen molar-refractivity contribution in [3.63, 3.8) is 0 Å². The largest absolute Gasteiger partial charge is 0.394 e. The molecule has 0 fully saturated rings. The summed E-state index contributed by atoms with van der Waals surface area (Å²) in [6.07, 6.45) is 0. The van der Waals surface area contributed by atoms with Crippen molar-refractivity contribution in [2.45, 2.75) is 12.6 Å². The Labute approximate surface area is 119 Å². The molecule has 0 aliphatic heterocycles. The lowest BCUT2D eigenvalue weighted by Crippen LogP contribution is -2.27. The average Bonchev–Trinajstić information content (AvgIpc) is 2.83. The molecule has 0 saturated heterocycles. The molecule has 0 saturated carbocycles. The highest BCUT2D eigenvalue weighted by Gasteiger charge is 2.17. The first-order valence-corrected chi connectivity index (χ1v) is 7.38. The van der Waals surface area contributed by atoms with Gasteiger partial charge in [0.15, 0.2) is 0 Å². The van der Waals surface area contributed by atoms with Crippen LogP contribution in [0.4, 0.5) is 0 Å². The topological polar surface area (TPSA) is 36.4 Å². The summed E-state index contributed by atoms with van der Waals surface area (Å²) >= 11 is 5.05. The van der Waals surface area contributed by atoms with Crippen molar-refractivity contribution in [3.8, 4) is 0 Å². The molecule has 0 bridgehead atoms. The lowest BCUT2D eigenvalue weighted by atomic mass is 10.1. The number of halogens is 1. The van der Waals surface area contributed by atoms with Crippen LogP contribution >= 0.6 is 27.3 Å². The van der Waals surface area contributed by atoms with E-state index in [2.05, 4.69) is 25.8 Å². The van der Waals surface area contributed by atoms with Crippen LogP contribution in [0.3, 0.4) is 0 Å². The molecule has 1 aromatic carbocycles. The third-order valence-electron chi connectivity index (χ3n) is 2.83. The van der Waals surface area contributed by atoms with Gasteiger partial charge in [-0.15, -0.1) is 11.3 Å². The van der Waals surface area contributed by atoms with Gasteiger partial charge in [0.2, 0.25) is 0 Å². The van der Waals surface area contributed by atoms with E-state index in [4.69, 9.17) is 0 Å². The second kappa shape index (κ2) is 6.43. The molecule has 2 rings (SSSR count). The molecule has 5 heteroatoms. The number of aromatic nitrogens is 1. The highest BCUT2D eigenvalue weighted by atomic mass is 79.9. The first kappa shape index (κ1) is 13.7. The zero-order chi connectivity index (χ0) is 13.0. The number of likely N-dealkylation sites (N-methyl/N-ethyl adjacent to an activating group) is 1. The molecular formula is C13H15BrN2OS. The van der Waals surface area contributed by atoms with Gasteiger partial charge in [0.25, 0.3) is 0 Å².